The lowest BCUT2D eigenvalue weighted by atomic mass is 10.8. The molecule has 0 bridgehead atoms. The molecule has 0 aliphatic heterocycles. The summed E-state index contributed by atoms with van der Waals surface area (Å²) in [7, 11) is -3.04. The van der Waals surface area contributed by atoms with E-state index in [1.807, 2.05) is 0 Å². The number of aromatic nitrogens is 1. The number of rotatable bonds is 3. The first-order chi connectivity index (χ1) is 5.53. The Kier molecular flexibility index (Phi) is 2.89. The van der Waals surface area contributed by atoms with Gasteiger partial charge in [-0.3, -0.25) is 0 Å². The van der Waals surface area contributed by atoms with Gasteiger partial charge in [0.2, 0.25) is 5.89 Å². The standard InChI is InChI=1S/C6H8BrNO3S/c1-2-12(9,10)4-6-8-3-5(7)11-6/h3H,2,4H2,1H3. The Bertz CT molecular complexity index is 357. The first-order valence-electron chi connectivity index (χ1n) is 3.34. The molecule has 0 atom stereocenters. The first-order valence-corrected chi connectivity index (χ1v) is 5.95. The Morgan fingerprint density at radius 1 is 1.67 bits per heavy atom. The highest BCUT2D eigenvalue weighted by Gasteiger charge is 2.12. The Balaban J connectivity index is 2.77. The van der Waals surface area contributed by atoms with Crippen LogP contribution in [0.5, 0.6) is 0 Å². The van der Waals surface area contributed by atoms with Gasteiger partial charge in [0, 0.05) is 5.75 Å². The predicted octanol–water partition coefficient (Wildman–Crippen LogP) is 1.37. The molecule has 4 nitrogen and oxygen atoms in total. The molecule has 0 N–H and O–H groups in total. The van der Waals surface area contributed by atoms with Crippen molar-refractivity contribution in [2.45, 2.75) is 12.7 Å². The summed E-state index contributed by atoms with van der Waals surface area (Å²) >= 11 is 3.04. The number of halogens is 1. The van der Waals surface area contributed by atoms with Crippen LogP contribution in [-0.4, -0.2) is 19.2 Å². The summed E-state index contributed by atoms with van der Waals surface area (Å²) in [6.07, 6.45) is 1.43. The third kappa shape index (κ3) is 2.60. The Morgan fingerprint density at radius 3 is 2.75 bits per heavy atom. The van der Waals surface area contributed by atoms with Crippen molar-refractivity contribution in [3.8, 4) is 0 Å². The Morgan fingerprint density at radius 2 is 2.33 bits per heavy atom. The van der Waals surface area contributed by atoms with E-state index < -0.39 is 9.84 Å². The van der Waals surface area contributed by atoms with Crippen LogP contribution in [0.15, 0.2) is 15.3 Å². The van der Waals surface area contributed by atoms with Crippen molar-refractivity contribution < 1.29 is 12.8 Å². The molecular formula is C6H8BrNO3S. The van der Waals surface area contributed by atoms with Crippen LogP contribution in [0.2, 0.25) is 0 Å². The molecule has 0 aliphatic carbocycles. The van der Waals surface area contributed by atoms with E-state index in [4.69, 9.17) is 4.42 Å². The fraction of sp³-hybridized carbons (Fsp3) is 0.500. The van der Waals surface area contributed by atoms with Gasteiger partial charge >= 0.3 is 0 Å². The maximum Gasteiger partial charge on any atom is 0.210 e. The topological polar surface area (TPSA) is 60.2 Å². The van der Waals surface area contributed by atoms with Crippen LogP contribution >= 0.6 is 15.9 Å². The van der Waals surface area contributed by atoms with Gasteiger partial charge in [-0.15, -0.1) is 0 Å². The van der Waals surface area contributed by atoms with Crippen molar-refractivity contribution in [2.24, 2.45) is 0 Å². The van der Waals surface area contributed by atoms with Crippen LogP contribution in [0, 0.1) is 0 Å². The molecule has 0 amide bonds. The third-order valence-electron chi connectivity index (χ3n) is 1.31. The zero-order chi connectivity index (χ0) is 9.19. The van der Waals surface area contributed by atoms with Gasteiger partial charge in [0.05, 0.1) is 6.20 Å². The molecule has 0 saturated heterocycles. The van der Waals surface area contributed by atoms with Gasteiger partial charge in [0.1, 0.15) is 5.75 Å². The molecule has 1 heterocycles. The molecule has 0 aliphatic rings. The lowest BCUT2D eigenvalue weighted by molar-refractivity contribution is 0.488. The van der Waals surface area contributed by atoms with E-state index >= 15 is 0 Å². The van der Waals surface area contributed by atoms with Crippen LogP contribution in [0.25, 0.3) is 0 Å². The summed E-state index contributed by atoms with van der Waals surface area (Å²) in [5, 5.41) is 0. The summed E-state index contributed by atoms with van der Waals surface area (Å²) in [4.78, 5) is 3.76. The summed E-state index contributed by atoms with van der Waals surface area (Å²) in [5.41, 5.74) is 0. The quantitative estimate of drug-likeness (QED) is 0.817. The van der Waals surface area contributed by atoms with E-state index in [1.54, 1.807) is 6.92 Å². The second-order valence-electron chi connectivity index (χ2n) is 2.23. The lowest BCUT2D eigenvalue weighted by Gasteiger charge is -1.94. The number of hydrogen-bond acceptors (Lipinski definition) is 4. The maximum absolute atomic E-state index is 11.1. The van der Waals surface area contributed by atoms with Crippen molar-refractivity contribution in [1.29, 1.82) is 0 Å². The van der Waals surface area contributed by atoms with Gasteiger partial charge in [0.15, 0.2) is 14.5 Å². The molecule has 1 rings (SSSR count). The lowest BCUT2D eigenvalue weighted by Crippen LogP contribution is -2.06. The van der Waals surface area contributed by atoms with Crippen LogP contribution in [-0.2, 0) is 15.6 Å². The highest BCUT2D eigenvalue weighted by Crippen LogP contribution is 2.12. The summed E-state index contributed by atoms with van der Waals surface area (Å²) in [6, 6.07) is 0. The fourth-order valence-electron chi connectivity index (χ4n) is 0.645. The molecule has 0 aromatic carbocycles. The summed E-state index contributed by atoms with van der Waals surface area (Å²) < 4.78 is 27.5. The second-order valence-corrected chi connectivity index (χ2v) is 5.37. The molecule has 1 aromatic heterocycles. The monoisotopic (exact) mass is 253 g/mol. The highest BCUT2D eigenvalue weighted by molar-refractivity contribution is 9.10. The van der Waals surface area contributed by atoms with Gasteiger partial charge in [-0.1, -0.05) is 6.92 Å². The van der Waals surface area contributed by atoms with E-state index in [0.29, 0.717) is 4.67 Å². The van der Waals surface area contributed by atoms with Crippen molar-refractivity contribution >= 4 is 25.8 Å². The first kappa shape index (κ1) is 9.73. The van der Waals surface area contributed by atoms with E-state index in [9.17, 15) is 8.42 Å². The van der Waals surface area contributed by atoms with Crippen molar-refractivity contribution in [2.75, 3.05) is 5.75 Å². The van der Waals surface area contributed by atoms with E-state index in [-0.39, 0.29) is 17.4 Å². The van der Waals surface area contributed by atoms with Gasteiger partial charge < -0.3 is 4.42 Å². The van der Waals surface area contributed by atoms with Gasteiger partial charge in [-0.25, -0.2) is 13.4 Å². The van der Waals surface area contributed by atoms with E-state index in [0.717, 1.165) is 0 Å². The largest absolute Gasteiger partial charge is 0.433 e. The number of sulfone groups is 1. The average Bonchev–Trinajstić information content (AvgIpc) is 2.35. The number of hydrogen-bond donors (Lipinski definition) is 0. The van der Waals surface area contributed by atoms with Gasteiger partial charge in [-0.2, -0.15) is 0 Å². The van der Waals surface area contributed by atoms with Crippen molar-refractivity contribution in [3.05, 3.63) is 16.8 Å². The molecular weight excluding hydrogens is 246 g/mol. The molecule has 6 heteroatoms. The van der Waals surface area contributed by atoms with Crippen molar-refractivity contribution in [1.82, 2.24) is 4.98 Å². The molecule has 0 spiro atoms. The molecule has 0 unspecified atom stereocenters. The number of nitrogens with zero attached hydrogens (tertiary/aromatic N) is 1. The SMILES string of the molecule is CCS(=O)(=O)Cc1ncc(Br)o1. The van der Waals surface area contributed by atoms with Crippen molar-refractivity contribution in [3.63, 3.8) is 0 Å². The molecule has 12 heavy (non-hydrogen) atoms. The summed E-state index contributed by atoms with van der Waals surface area (Å²) in [5.74, 6) is 0.200. The van der Waals surface area contributed by atoms with E-state index in [1.165, 1.54) is 6.20 Å². The zero-order valence-electron chi connectivity index (χ0n) is 6.45. The average molecular weight is 254 g/mol. The fourth-order valence-corrected chi connectivity index (χ4v) is 1.65. The minimum atomic E-state index is -3.04. The molecule has 1 aromatic rings. The molecule has 68 valence electrons. The molecule has 0 saturated carbocycles. The van der Waals surface area contributed by atoms with Gasteiger partial charge in [-0.05, 0) is 15.9 Å². The zero-order valence-corrected chi connectivity index (χ0v) is 8.85. The Hall–Kier alpha value is -0.360. The highest BCUT2D eigenvalue weighted by atomic mass is 79.9. The van der Waals surface area contributed by atoms with Crippen LogP contribution in [0.1, 0.15) is 12.8 Å². The smallest absolute Gasteiger partial charge is 0.210 e. The molecule has 0 radical (unpaired) electrons. The van der Waals surface area contributed by atoms with Gasteiger partial charge in [0.25, 0.3) is 0 Å². The van der Waals surface area contributed by atoms with Crippen LogP contribution in [0.3, 0.4) is 0 Å². The summed E-state index contributed by atoms with van der Waals surface area (Å²) in [6.45, 7) is 1.59. The van der Waals surface area contributed by atoms with Crippen LogP contribution in [0.4, 0.5) is 0 Å². The maximum atomic E-state index is 11.1. The minimum Gasteiger partial charge on any atom is -0.433 e. The normalized spacial score (nSPS) is 11.8. The van der Waals surface area contributed by atoms with Crippen LogP contribution < -0.4 is 0 Å². The third-order valence-corrected chi connectivity index (χ3v) is 3.24. The number of oxazole rings is 1. The second kappa shape index (κ2) is 3.57. The predicted molar refractivity (Wildman–Crippen MR) is 47.4 cm³/mol. The Labute approximate surface area is 79.0 Å². The minimum absolute atomic E-state index is 0.104. The van der Waals surface area contributed by atoms with E-state index in [2.05, 4.69) is 20.9 Å². The molecule has 0 fully saturated rings.